The van der Waals surface area contributed by atoms with Gasteiger partial charge in [0.1, 0.15) is 0 Å². The molecular weight excluding hydrogens is 270 g/mol. The molecule has 1 unspecified atom stereocenters. The Kier molecular flexibility index (Phi) is 6.17. The van der Waals surface area contributed by atoms with Gasteiger partial charge in [0.05, 0.1) is 6.54 Å². The molecule has 1 aliphatic heterocycles. The summed E-state index contributed by atoms with van der Waals surface area (Å²) in [5, 5.41) is 12.9. The highest BCUT2D eigenvalue weighted by atomic mass is 16.5. The third kappa shape index (κ3) is 5.12. The van der Waals surface area contributed by atoms with Crippen LogP contribution in [0.1, 0.15) is 63.6 Å². The average molecular weight is 295 g/mol. The van der Waals surface area contributed by atoms with Gasteiger partial charge >= 0.3 is 5.97 Å². The van der Waals surface area contributed by atoms with Gasteiger partial charge in [0, 0.05) is 18.9 Å². The van der Waals surface area contributed by atoms with E-state index in [1.165, 1.54) is 6.42 Å². The highest BCUT2D eigenvalue weighted by Gasteiger charge is 2.24. The van der Waals surface area contributed by atoms with Crippen LogP contribution in [-0.2, 0) is 17.8 Å². The quantitative estimate of drug-likeness (QED) is 0.794. The van der Waals surface area contributed by atoms with Crippen molar-refractivity contribution in [2.45, 2.75) is 70.9 Å². The zero-order chi connectivity index (χ0) is 15.1. The van der Waals surface area contributed by atoms with Gasteiger partial charge in [0.25, 0.3) is 0 Å². The maximum absolute atomic E-state index is 10.8. The Morgan fingerprint density at radius 2 is 2.33 bits per heavy atom. The molecule has 0 saturated carbocycles. The molecule has 2 heterocycles. The molecule has 1 atom stereocenters. The summed E-state index contributed by atoms with van der Waals surface area (Å²) in [6.45, 7) is 3.77. The molecule has 1 N–H and O–H groups in total. The molecule has 0 aliphatic carbocycles. The van der Waals surface area contributed by atoms with Gasteiger partial charge in [-0.2, -0.15) is 4.98 Å². The minimum atomic E-state index is -0.722. The largest absolute Gasteiger partial charge is 0.481 e. The Bertz CT molecular complexity index is 447. The number of hydrogen-bond acceptors (Lipinski definition) is 5. The molecule has 0 amide bonds. The van der Waals surface area contributed by atoms with E-state index in [-0.39, 0.29) is 6.42 Å². The number of aliphatic carboxylic acids is 1. The molecule has 0 radical (unpaired) electrons. The summed E-state index contributed by atoms with van der Waals surface area (Å²) in [7, 11) is 0. The highest BCUT2D eigenvalue weighted by molar-refractivity contribution is 5.66. The van der Waals surface area contributed by atoms with Gasteiger partial charge in [-0.3, -0.25) is 9.69 Å². The first-order valence-corrected chi connectivity index (χ1v) is 7.96. The van der Waals surface area contributed by atoms with Gasteiger partial charge in [0.2, 0.25) is 5.89 Å². The second-order valence-corrected chi connectivity index (χ2v) is 5.76. The van der Waals surface area contributed by atoms with Crippen molar-refractivity contribution < 1.29 is 14.4 Å². The molecule has 6 heteroatoms. The number of piperidine rings is 1. The smallest absolute Gasteiger partial charge is 0.303 e. The lowest BCUT2D eigenvalue weighted by atomic mass is 9.98. The van der Waals surface area contributed by atoms with Crippen LogP contribution in [0.25, 0.3) is 0 Å². The Balaban J connectivity index is 1.88. The topological polar surface area (TPSA) is 79.5 Å². The Morgan fingerprint density at radius 1 is 1.48 bits per heavy atom. The molecule has 0 spiro atoms. The van der Waals surface area contributed by atoms with E-state index in [9.17, 15) is 4.79 Å². The van der Waals surface area contributed by atoms with E-state index in [0.29, 0.717) is 24.9 Å². The lowest BCUT2D eigenvalue weighted by Gasteiger charge is -2.34. The first-order valence-electron chi connectivity index (χ1n) is 7.96. The maximum atomic E-state index is 10.8. The summed E-state index contributed by atoms with van der Waals surface area (Å²) in [5.41, 5.74) is 0. The number of nitrogens with zero attached hydrogens (tertiary/aromatic N) is 3. The molecule has 1 fully saturated rings. The molecule has 1 aromatic rings. The van der Waals surface area contributed by atoms with Crippen molar-refractivity contribution in [3.05, 3.63) is 11.7 Å². The van der Waals surface area contributed by atoms with Gasteiger partial charge in [-0.1, -0.05) is 24.9 Å². The Hall–Kier alpha value is -1.43. The zero-order valence-corrected chi connectivity index (χ0v) is 12.8. The van der Waals surface area contributed by atoms with Crippen molar-refractivity contribution in [3.63, 3.8) is 0 Å². The van der Waals surface area contributed by atoms with Crippen LogP contribution in [0.5, 0.6) is 0 Å². The lowest BCUT2D eigenvalue weighted by Crippen LogP contribution is -2.39. The van der Waals surface area contributed by atoms with E-state index in [0.717, 1.165) is 44.5 Å². The summed E-state index contributed by atoms with van der Waals surface area (Å²) in [4.78, 5) is 17.5. The van der Waals surface area contributed by atoms with E-state index >= 15 is 0 Å². The highest BCUT2D eigenvalue weighted by Crippen LogP contribution is 2.22. The Morgan fingerprint density at radius 3 is 3.10 bits per heavy atom. The minimum absolute atomic E-state index is 0.229. The predicted octanol–water partition coefficient (Wildman–Crippen LogP) is 2.63. The number of unbranched alkanes of at least 4 members (excludes halogenated alkanes) is 1. The molecular formula is C15H25N3O3. The van der Waals surface area contributed by atoms with Crippen molar-refractivity contribution >= 4 is 5.97 Å². The van der Waals surface area contributed by atoms with Crippen molar-refractivity contribution in [1.82, 2.24) is 15.0 Å². The summed E-state index contributed by atoms with van der Waals surface area (Å²) in [5.74, 6) is 0.717. The second kappa shape index (κ2) is 8.12. The first kappa shape index (κ1) is 15.9. The van der Waals surface area contributed by atoms with Crippen LogP contribution in [-0.4, -0.2) is 38.7 Å². The third-order valence-corrected chi connectivity index (χ3v) is 4.04. The zero-order valence-electron chi connectivity index (χ0n) is 12.8. The standard InChI is InChI=1S/C15H25N3O3/c1-2-3-7-13-16-14(21-17-13)11-18-10-5-4-6-12(18)8-9-15(19)20/h12H,2-11H2,1H3,(H,19,20). The fourth-order valence-electron chi connectivity index (χ4n) is 2.85. The lowest BCUT2D eigenvalue weighted by molar-refractivity contribution is -0.137. The Labute approximate surface area is 125 Å². The van der Waals surface area contributed by atoms with Crippen LogP contribution in [0.2, 0.25) is 0 Å². The van der Waals surface area contributed by atoms with Gasteiger partial charge in [-0.25, -0.2) is 0 Å². The third-order valence-electron chi connectivity index (χ3n) is 4.04. The van der Waals surface area contributed by atoms with Gasteiger partial charge in [0.15, 0.2) is 5.82 Å². The van der Waals surface area contributed by atoms with Crippen LogP contribution >= 0.6 is 0 Å². The maximum Gasteiger partial charge on any atom is 0.303 e. The molecule has 2 rings (SSSR count). The monoisotopic (exact) mass is 295 g/mol. The van der Waals surface area contributed by atoms with Crippen molar-refractivity contribution in [3.8, 4) is 0 Å². The summed E-state index contributed by atoms with van der Waals surface area (Å²) in [6.07, 6.45) is 7.37. The fourth-order valence-corrected chi connectivity index (χ4v) is 2.85. The van der Waals surface area contributed by atoms with E-state index in [1.54, 1.807) is 0 Å². The van der Waals surface area contributed by atoms with Crippen molar-refractivity contribution in [2.75, 3.05) is 6.54 Å². The number of rotatable bonds is 8. The molecule has 0 bridgehead atoms. The molecule has 118 valence electrons. The normalized spacial score (nSPS) is 19.8. The molecule has 21 heavy (non-hydrogen) atoms. The van der Waals surface area contributed by atoms with E-state index in [1.807, 2.05) is 0 Å². The molecule has 1 aliphatic rings. The number of carboxylic acid groups (broad SMARTS) is 1. The molecule has 6 nitrogen and oxygen atoms in total. The average Bonchev–Trinajstić information content (AvgIpc) is 2.91. The van der Waals surface area contributed by atoms with Gasteiger partial charge < -0.3 is 9.63 Å². The van der Waals surface area contributed by atoms with E-state index < -0.39 is 5.97 Å². The second-order valence-electron chi connectivity index (χ2n) is 5.76. The summed E-state index contributed by atoms with van der Waals surface area (Å²) in [6, 6.07) is 0.320. The first-order chi connectivity index (χ1) is 10.2. The molecule has 0 aromatic carbocycles. The fraction of sp³-hybridized carbons (Fsp3) is 0.800. The van der Waals surface area contributed by atoms with Gasteiger partial charge in [-0.05, 0) is 32.2 Å². The van der Waals surface area contributed by atoms with Crippen molar-refractivity contribution in [2.24, 2.45) is 0 Å². The molecule has 1 aromatic heterocycles. The van der Waals surface area contributed by atoms with E-state index in [4.69, 9.17) is 9.63 Å². The minimum Gasteiger partial charge on any atom is -0.481 e. The van der Waals surface area contributed by atoms with Crippen LogP contribution in [0.15, 0.2) is 4.52 Å². The summed E-state index contributed by atoms with van der Waals surface area (Å²) >= 11 is 0. The van der Waals surface area contributed by atoms with Crippen molar-refractivity contribution in [1.29, 1.82) is 0 Å². The van der Waals surface area contributed by atoms with Gasteiger partial charge in [-0.15, -0.1) is 0 Å². The summed E-state index contributed by atoms with van der Waals surface area (Å²) < 4.78 is 5.32. The van der Waals surface area contributed by atoms with E-state index in [2.05, 4.69) is 22.0 Å². The van der Waals surface area contributed by atoms with Crippen LogP contribution in [0, 0.1) is 0 Å². The number of aryl methyl sites for hydroxylation is 1. The number of carbonyl (C=O) groups is 1. The number of carboxylic acids is 1. The number of hydrogen-bond donors (Lipinski definition) is 1. The van der Waals surface area contributed by atoms with Crippen LogP contribution in [0.4, 0.5) is 0 Å². The SMILES string of the molecule is CCCCc1noc(CN2CCCCC2CCC(=O)O)n1. The number of aromatic nitrogens is 2. The molecule has 1 saturated heterocycles. The number of likely N-dealkylation sites (tertiary alicyclic amines) is 1. The predicted molar refractivity (Wildman–Crippen MR) is 77.8 cm³/mol. The van der Waals surface area contributed by atoms with Crippen LogP contribution < -0.4 is 0 Å². The van der Waals surface area contributed by atoms with Crippen LogP contribution in [0.3, 0.4) is 0 Å².